The number of methoxy groups -OCH3 is 2. The van der Waals surface area contributed by atoms with Gasteiger partial charge in [-0.05, 0) is 25.1 Å². The van der Waals surface area contributed by atoms with E-state index in [1.54, 1.807) is 42.5 Å². The summed E-state index contributed by atoms with van der Waals surface area (Å²) in [6, 6.07) is 14.9. The Labute approximate surface area is 185 Å². The van der Waals surface area contributed by atoms with Crippen molar-refractivity contribution in [3.05, 3.63) is 88.7 Å². The molecule has 0 radical (unpaired) electrons. The van der Waals surface area contributed by atoms with Gasteiger partial charge in [0.1, 0.15) is 22.2 Å². The Bertz CT molecular complexity index is 1330. The minimum absolute atomic E-state index is 0.0840. The van der Waals surface area contributed by atoms with Crippen molar-refractivity contribution in [2.24, 2.45) is 0 Å². The molecule has 0 saturated heterocycles. The molecule has 32 heavy (non-hydrogen) atoms. The van der Waals surface area contributed by atoms with Crippen LogP contribution in [0.2, 0.25) is 0 Å². The molecule has 1 heterocycles. The quantitative estimate of drug-likeness (QED) is 0.408. The number of allylic oxidation sites excluding steroid dienone is 1. The Morgan fingerprint density at radius 2 is 1.53 bits per heavy atom. The van der Waals surface area contributed by atoms with Crippen LogP contribution in [-0.4, -0.2) is 28.4 Å². The van der Waals surface area contributed by atoms with Crippen LogP contribution in [0, 0.1) is 12.7 Å². The van der Waals surface area contributed by atoms with Crippen LogP contribution >= 0.6 is 0 Å². The van der Waals surface area contributed by atoms with Crippen molar-refractivity contribution < 1.29 is 27.1 Å². The van der Waals surface area contributed by atoms with Crippen LogP contribution in [0.15, 0.2) is 76.7 Å². The van der Waals surface area contributed by atoms with Crippen LogP contribution in [0.5, 0.6) is 11.5 Å². The first-order chi connectivity index (χ1) is 15.2. The molecule has 4 rings (SSSR count). The van der Waals surface area contributed by atoms with Gasteiger partial charge in [-0.2, -0.15) is 0 Å². The molecule has 0 atom stereocenters. The summed E-state index contributed by atoms with van der Waals surface area (Å²) >= 11 is 0. The summed E-state index contributed by atoms with van der Waals surface area (Å²) in [6.07, 6.45) is 1.22. The zero-order valence-electron chi connectivity index (χ0n) is 17.6. The van der Waals surface area contributed by atoms with Gasteiger partial charge < -0.3 is 14.4 Å². The fourth-order valence-corrected chi connectivity index (χ4v) is 4.98. The smallest absolute Gasteiger partial charge is 0.214 e. The van der Waals surface area contributed by atoms with E-state index in [2.05, 4.69) is 0 Å². The van der Waals surface area contributed by atoms with Gasteiger partial charge in [0, 0.05) is 30.0 Å². The third kappa shape index (κ3) is 3.73. The summed E-state index contributed by atoms with van der Waals surface area (Å²) < 4.78 is 51.4. The molecule has 0 spiro atoms. The minimum Gasteiger partial charge on any atom is -0.497 e. The molecule has 0 unspecified atom stereocenters. The number of hydrogen-bond donors (Lipinski definition) is 0. The molecule has 1 aliphatic rings. The summed E-state index contributed by atoms with van der Waals surface area (Å²) in [5.41, 5.74) is 1.70. The molecule has 1 aliphatic heterocycles. The fraction of sp³-hybridized carbons (Fsp3) is 0.125. The average Bonchev–Trinajstić information content (AvgIpc) is 2.78. The average molecular weight is 453 g/mol. The highest BCUT2D eigenvalue weighted by atomic mass is 32.2. The van der Waals surface area contributed by atoms with E-state index in [0.29, 0.717) is 17.2 Å². The van der Waals surface area contributed by atoms with Gasteiger partial charge in [0.05, 0.1) is 30.5 Å². The number of aryl methyl sites for hydroxylation is 1. The first-order valence-electron chi connectivity index (χ1n) is 9.64. The Morgan fingerprint density at radius 3 is 2.12 bits per heavy atom. The number of nitrogens with zero attached hydrogens (tertiary/aromatic N) is 1. The molecule has 164 valence electrons. The monoisotopic (exact) mass is 453 g/mol. The summed E-state index contributed by atoms with van der Waals surface area (Å²) in [5, 5.41) is 0. The zero-order valence-corrected chi connectivity index (χ0v) is 18.4. The van der Waals surface area contributed by atoms with Gasteiger partial charge in [0.15, 0.2) is 0 Å². The van der Waals surface area contributed by atoms with Crippen LogP contribution in [0.1, 0.15) is 15.9 Å². The van der Waals surface area contributed by atoms with Crippen LogP contribution in [-0.2, 0) is 9.84 Å². The Morgan fingerprint density at radius 1 is 0.906 bits per heavy atom. The van der Waals surface area contributed by atoms with E-state index in [1.165, 1.54) is 31.4 Å². The van der Waals surface area contributed by atoms with Crippen molar-refractivity contribution in [3.8, 4) is 11.5 Å². The third-order valence-electron chi connectivity index (χ3n) is 5.16. The summed E-state index contributed by atoms with van der Waals surface area (Å²) in [7, 11) is -1.23. The molecule has 3 aromatic carbocycles. The van der Waals surface area contributed by atoms with Gasteiger partial charge in [-0.15, -0.1) is 0 Å². The molecular formula is C24H20FNO5S. The van der Waals surface area contributed by atoms with Gasteiger partial charge in [-0.1, -0.05) is 29.8 Å². The second kappa shape index (κ2) is 8.12. The van der Waals surface area contributed by atoms with Crippen molar-refractivity contribution in [2.45, 2.75) is 11.8 Å². The van der Waals surface area contributed by atoms with Crippen molar-refractivity contribution in [1.29, 1.82) is 0 Å². The molecule has 6 nitrogen and oxygen atoms in total. The Hall–Kier alpha value is -3.65. The molecule has 0 amide bonds. The van der Waals surface area contributed by atoms with Crippen LogP contribution in [0.25, 0.3) is 0 Å². The number of ketones is 1. The van der Waals surface area contributed by atoms with Crippen molar-refractivity contribution in [1.82, 2.24) is 0 Å². The van der Waals surface area contributed by atoms with Gasteiger partial charge in [0.2, 0.25) is 15.6 Å². The van der Waals surface area contributed by atoms with Crippen molar-refractivity contribution >= 4 is 27.0 Å². The van der Waals surface area contributed by atoms with Crippen molar-refractivity contribution in [2.75, 3.05) is 19.1 Å². The predicted molar refractivity (Wildman–Crippen MR) is 119 cm³/mol. The van der Waals surface area contributed by atoms with E-state index < -0.39 is 26.3 Å². The number of rotatable bonds is 5. The number of Topliss-reactive ketones (excluding diaryl/α,β-unsaturated/α-hetero) is 1. The van der Waals surface area contributed by atoms with E-state index in [-0.39, 0.29) is 16.1 Å². The molecule has 0 N–H and O–H groups in total. The number of carbonyl (C=O) groups is 1. The molecule has 3 aromatic rings. The van der Waals surface area contributed by atoms with E-state index in [1.807, 2.05) is 6.92 Å². The lowest BCUT2D eigenvalue weighted by Crippen LogP contribution is -2.26. The maximum atomic E-state index is 14.1. The number of fused-ring (bicyclic) bond motifs is 1. The van der Waals surface area contributed by atoms with E-state index in [0.717, 1.165) is 17.7 Å². The maximum Gasteiger partial charge on any atom is 0.214 e. The molecule has 0 bridgehead atoms. The number of benzene rings is 3. The topological polar surface area (TPSA) is 72.9 Å². The highest BCUT2D eigenvalue weighted by Crippen LogP contribution is 2.42. The normalized spacial score (nSPS) is 14.4. The van der Waals surface area contributed by atoms with Gasteiger partial charge in [-0.25, -0.2) is 12.8 Å². The second-order valence-electron chi connectivity index (χ2n) is 7.24. The second-order valence-corrected chi connectivity index (χ2v) is 9.13. The van der Waals surface area contributed by atoms with Crippen molar-refractivity contribution in [3.63, 3.8) is 0 Å². The number of carbonyl (C=O) groups excluding carboxylic acids is 1. The zero-order chi connectivity index (χ0) is 23.0. The Balaban J connectivity index is 1.95. The summed E-state index contributed by atoms with van der Waals surface area (Å²) in [4.78, 5) is 14.1. The first-order valence-corrected chi connectivity index (χ1v) is 11.1. The highest BCUT2D eigenvalue weighted by Gasteiger charge is 2.36. The van der Waals surface area contributed by atoms with Gasteiger partial charge in [0.25, 0.3) is 0 Å². The van der Waals surface area contributed by atoms with Gasteiger partial charge >= 0.3 is 0 Å². The fourth-order valence-electron chi connectivity index (χ4n) is 3.45. The lowest BCUT2D eigenvalue weighted by Gasteiger charge is -2.29. The standard InChI is InChI=1S/C24H20FNO5S/c1-15-4-6-16(7-5-15)24(27)23-14-26(18-11-19(30-2)13-20(12-18)31-3)21-10-17(25)8-9-22(21)32(23,28)29/h4-14H,1-3H3. The largest absolute Gasteiger partial charge is 0.497 e. The van der Waals surface area contributed by atoms with Crippen LogP contribution in [0.3, 0.4) is 0 Å². The number of anilines is 2. The molecule has 8 heteroatoms. The lowest BCUT2D eigenvalue weighted by atomic mass is 10.1. The van der Waals surface area contributed by atoms with E-state index in [9.17, 15) is 17.6 Å². The Kier molecular flexibility index (Phi) is 5.48. The summed E-state index contributed by atoms with van der Waals surface area (Å²) in [5.74, 6) is -0.364. The number of sulfone groups is 1. The number of hydrogen-bond acceptors (Lipinski definition) is 6. The predicted octanol–water partition coefficient (Wildman–Crippen LogP) is 4.80. The third-order valence-corrected chi connectivity index (χ3v) is 6.95. The maximum absolute atomic E-state index is 14.1. The molecule has 0 fully saturated rings. The van der Waals surface area contributed by atoms with E-state index in [4.69, 9.17) is 9.47 Å². The van der Waals surface area contributed by atoms with E-state index >= 15 is 0 Å². The van der Waals surface area contributed by atoms with Crippen LogP contribution in [0.4, 0.5) is 15.8 Å². The van der Waals surface area contributed by atoms with Gasteiger partial charge in [-0.3, -0.25) is 4.79 Å². The summed E-state index contributed by atoms with van der Waals surface area (Å²) in [6.45, 7) is 1.87. The molecular weight excluding hydrogens is 433 g/mol. The SMILES string of the molecule is COc1cc(OC)cc(N2C=C(C(=O)c3ccc(C)cc3)S(=O)(=O)c3ccc(F)cc32)c1. The molecule has 0 aliphatic carbocycles. The molecule has 0 saturated carbocycles. The molecule has 0 aromatic heterocycles. The minimum atomic E-state index is -4.19. The first kappa shape index (κ1) is 21.6. The lowest BCUT2D eigenvalue weighted by molar-refractivity contribution is 0.104. The number of ether oxygens (including phenoxy) is 2. The number of halogens is 1. The van der Waals surface area contributed by atoms with Crippen LogP contribution < -0.4 is 14.4 Å². The highest BCUT2D eigenvalue weighted by molar-refractivity contribution is 7.96.